The van der Waals surface area contributed by atoms with Crippen LogP contribution in [0.25, 0.3) is 0 Å². The topological polar surface area (TPSA) is 75.4 Å². The van der Waals surface area contributed by atoms with Gasteiger partial charge in [-0.3, -0.25) is 4.79 Å². The van der Waals surface area contributed by atoms with E-state index in [1.54, 1.807) is 0 Å². The van der Waals surface area contributed by atoms with E-state index in [-0.39, 0.29) is 23.8 Å². The number of anilines is 1. The van der Waals surface area contributed by atoms with Gasteiger partial charge in [0, 0.05) is 18.3 Å². The third-order valence-electron chi connectivity index (χ3n) is 4.43. The first-order valence-electron chi connectivity index (χ1n) is 7.65. The Bertz CT molecular complexity index is 646. The minimum Gasteiger partial charge on any atom is -0.369 e. The number of nitrogens with two attached hydrogens (primary N) is 1. The Kier molecular flexibility index (Phi) is 5.05. The molecule has 0 unspecified atom stereocenters. The fourth-order valence-corrected chi connectivity index (χ4v) is 2.89. The number of nitrogens with zero attached hydrogens (tertiary/aromatic N) is 1. The predicted octanol–water partition coefficient (Wildman–Crippen LogP) is 3.13. The molecule has 2 atom stereocenters. The third kappa shape index (κ3) is 3.80. The number of carbonyl (C=O) groups excluding carboxylic acids is 2. The normalized spacial score (nSPS) is 21.5. The van der Waals surface area contributed by atoms with E-state index in [1.807, 2.05) is 6.92 Å². The highest BCUT2D eigenvalue weighted by atomic mass is 19.4. The number of halogens is 3. The number of amides is 3. The largest absolute Gasteiger partial charge is 0.416 e. The van der Waals surface area contributed by atoms with Gasteiger partial charge in [0.15, 0.2) is 0 Å². The smallest absolute Gasteiger partial charge is 0.369 e. The van der Waals surface area contributed by atoms with Crippen LogP contribution in [0.1, 0.15) is 30.9 Å². The second kappa shape index (κ2) is 6.70. The molecule has 24 heavy (non-hydrogen) atoms. The zero-order chi connectivity index (χ0) is 18.1. The molecule has 2 rings (SSSR count). The van der Waals surface area contributed by atoms with Crippen LogP contribution in [0.15, 0.2) is 18.2 Å². The maximum Gasteiger partial charge on any atom is 0.416 e. The number of primary amides is 1. The molecule has 1 saturated heterocycles. The molecule has 0 radical (unpaired) electrons. The first kappa shape index (κ1) is 18.1. The molecule has 0 spiro atoms. The van der Waals surface area contributed by atoms with Crippen LogP contribution in [0.5, 0.6) is 0 Å². The van der Waals surface area contributed by atoms with Gasteiger partial charge in [-0.2, -0.15) is 13.2 Å². The number of benzene rings is 1. The van der Waals surface area contributed by atoms with Crippen molar-refractivity contribution < 1.29 is 22.8 Å². The number of alkyl halides is 3. The lowest BCUT2D eigenvalue weighted by Gasteiger charge is -2.36. The standard InChI is InChI=1S/C16H20F3N3O2/c1-9-6-7-11(14(20)23)8-22(9)15(24)21-13-5-3-4-12(10(13)2)16(17,18)19/h3-5,9,11H,6-8H2,1-2H3,(H2,20,23)(H,21,24)/t9-,11+/m0/s1. The molecule has 0 saturated carbocycles. The summed E-state index contributed by atoms with van der Waals surface area (Å²) in [5.41, 5.74) is 4.56. The van der Waals surface area contributed by atoms with Crippen LogP contribution < -0.4 is 11.1 Å². The van der Waals surface area contributed by atoms with Crippen molar-refractivity contribution in [1.82, 2.24) is 4.90 Å². The van der Waals surface area contributed by atoms with Crippen LogP contribution in [0.4, 0.5) is 23.7 Å². The molecule has 5 nitrogen and oxygen atoms in total. The lowest BCUT2D eigenvalue weighted by Crippen LogP contribution is -2.50. The second-order valence-electron chi connectivity index (χ2n) is 6.08. The first-order valence-corrected chi connectivity index (χ1v) is 7.65. The van der Waals surface area contributed by atoms with E-state index in [1.165, 1.54) is 24.0 Å². The number of likely N-dealkylation sites (tertiary alicyclic amines) is 1. The summed E-state index contributed by atoms with van der Waals surface area (Å²) < 4.78 is 38.8. The predicted molar refractivity (Wildman–Crippen MR) is 83.3 cm³/mol. The van der Waals surface area contributed by atoms with Gasteiger partial charge in [-0.15, -0.1) is 0 Å². The van der Waals surface area contributed by atoms with Crippen LogP contribution in [0.3, 0.4) is 0 Å². The van der Waals surface area contributed by atoms with Gasteiger partial charge in [0.25, 0.3) is 0 Å². The highest BCUT2D eigenvalue weighted by molar-refractivity contribution is 5.91. The summed E-state index contributed by atoms with van der Waals surface area (Å²) in [6.45, 7) is 3.31. The van der Waals surface area contributed by atoms with Gasteiger partial charge < -0.3 is 16.0 Å². The van der Waals surface area contributed by atoms with Crippen molar-refractivity contribution in [3.63, 3.8) is 0 Å². The maximum absolute atomic E-state index is 12.9. The van der Waals surface area contributed by atoms with Gasteiger partial charge in [0.1, 0.15) is 0 Å². The molecule has 0 bridgehead atoms. The van der Waals surface area contributed by atoms with Gasteiger partial charge in [-0.25, -0.2) is 4.79 Å². The lowest BCUT2D eigenvalue weighted by molar-refractivity contribution is -0.138. The summed E-state index contributed by atoms with van der Waals surface area (Å²) in [6.07, 6.45) is -3.27. The Morgan fingerprint density at radius 2 is 1.96 bits per heavy atom. The SMILES string of the molecule is Cc1c(NC(=O)N2C[C@H](C(N)=O)CC[C@@H]2C)cccc1C(F)(F)F. The van der Waals surface area contributed by atoms with E-state index in [0.717, 1.165) is 6.07 Å². The summed E-state index contributed by atoms with van der Waals surface area (Å²) in [6, 6.07) is 2.99. The van der Waals surface area contributed by atoms with E-state index in [0.29, 0.717) is 12.8 Å². The number of urea groups is 1. The average molecular weight is 343 g/mol. The number of hydrogen-bond donors (Lipinski definition) is 2. The number of piperidine rings is 1. The number of hydrogen-bond acceptors (Lipinski definition) is 2. The Hall–Kier alpha value is -2.25. The number of nitrogens with one attached hydrogen (secondary N) is 1. The number of rotatable bonds is 2. The van der Waals surface area contributed by atoms with Crippen molar-refractivity contribution in [2.75, 3.05) is 11.9 Å². The maximum atomic E-state index is 12.9. The molecule has 1 heterocycles. The van der Waals surface area contributed by atoms with Crippen LogP contribution in [-0.2, 0) is 11.0 Å². The van der Waals surface area contributed by atoms with E-state index >= 15 is 0 Å². The molecule has 1 aliphatic heterocycles. The van der Waals surface area contributed by atoms with Crippen molar-refractivity contribution in [1.29, 1.82) is 0 Å². The summed E-state index contributed by atoms with van der Waals surface area (Å²) >= 11 is 0. The average Bonchev–Trinajstić information content (AvgIpc) is 2.48. The molecule has 1 fully saturated rings. The Labute approximate surface area is 138 Å². The van der Waals surface area contributed by atoms with Gasteiger partial charge in [0.05, 0.1) is 11.5 Å². The van der Waals surface area contributed by atoms with Crippen molar-refractivity contribution in [2.45, 2.75) is 38.9 Å². The highest BCUT2D eigenvalue weighted by Gasteiger charge is 2.34. The van der Waals surface area contributed by atoms with Gasteiger partial charge >= 0.3 is 12.2 Å². The van der Waals surface area contributed by atoms with Crippen LogP contribution >= 0.6 is 0 Å². The zero-order valence-corrected chi connectivity index (χ0v) is 13.5. The highest BCUT2D eigenvalue weighted by Crippen LogP contribution is 2.34. The van der Waals surface area contributed by atoms with E-state index in [4.69, 9.17) is 5.73 Å². The molecule has 1 aromatic carbocycles. The van der Waals surface area contributed by atoms with Crippen molar-refractivity contribution >= 4 is 17.6 Å². The van der Waals surface area contributed by atoms with Gasteiger partial charge in [-0.05, 0) is 44.4 Å². The lowest BCUT2D eigenvalue weighted by atomic mass is 9.93. The van der Waals surface area contributed by atoms with Crippen molar-refractivity contribution in [3.05, 3.63) is 29.3 Å². The summed E-state index contributed by atoms with van der Waals surface area (Å²) in [5, 5.41) is 2.52. The molecule has 8 heteroatoms. The van der Waals surface area contributed by atoms with Crippen LogP contribution in [0, 0.1) is 12.8 Å². The number of carbonyl (C=O) groups is 2. The van der Waals surface area contributed by atoms with Crippen LogP contribution in [0.2, 0.25) is 0 Å². The fourth-order valence-electron chi connectivity index (χ4n) is 2.89. The molecular formula is C16H20F3N3O2. The Morgan fingerprint density at radius 3 is 2.54 bits per heavy atom. The molecule has 3 amide bonds. The summed E-state index contributed by atoms with van der Waals surface area (Å²) in [5.74, 6) is -0.912. The minimum atomic E-state index is -4.49. The van der Waals surface area contributed by atoms with Crippen molar-refractivity contribution in [3.8, 4) is 0 Å². The molecular weight excluding hydrogens is 323 g/mol. The summed E-state index contributed by atoms with van der Waals surface area (Å²) in [7, 11) is 0. The second-order valence-corrected chi connectivity index (χ2v) is 6.08. The van der Waals surface area contributed by atoms with Crippen molar-refractivity contribution in [2.24, 2.45) is 11.7 Å². The minimum absolute atomic E-state index is 0.0468. The van der Waals surface area contributed by atoms with Gasteiger partial charge in [-0.1, -0.05) is 6.07 Å². The Balaban J connectivity index is 2.19. The molecule has 132 valence electrons. The summed E-state index contributed by atoms with van der Waals surface area (Å²) in [4.78, 5) is 25.2. The molecule has 0 aliphatic carbocycles. The third-order valence-corrected chi connectivity index (χ3v) is 4.43. The molecule has 0 aromatic heterocycles. The monoisotopic (exact) mass is 343 g/mol. The van der Waals surface area contributed by atoms with E-state index in [9.17, 15) is 22.8 Å². The molecule has 1 aromatic rings. The molecule has 3 N–H and O–H groups in total. The molecule has 1 aliphatic rings. The van der Waals surface area contributed by atoms with Crippen LogP contribution in [-0.4, -0.2) is 29.4 Å². The van der Waals surface area contributed by atoms with Gasteiger partial charge in [0.2, 0.25) is 5.91 Å². The van der Waals surface area contributed by atoms with E-state index in [2.05, 4.69) is 5.32 Å². The first-order chi connectivity index (χ1) is 11.1. The van der Waals surface area contributed by atoms with E-state index < -0.39 is 29.6 Å². The fraction of sp³-hybridized carbons (Fsp3) is 0.500. The Morgan fingerprint density at radius 1 is 1.29 bits per heavy atom. The zero-order valence-electron chi connectivity index (χ0n) is 13.5. The quantitative estimate of drug-likeness (QED) is 0.866.